The maximum Gasteiger partial charge on any atom is 0.321 e. The SMILES string of the molecule is NC(CS)C(=O)O.[SH-]. The summed E-state index contributed by atoms with van der Waals surface area (Å²) in [5, 5.41) is 8.01. The molecule has 3 nitrogen and oxygen atoms in total. The number of nitrogens with two attached hydrogens (primary N) is 1. The molecule has 0 saturated carbocycles. The summed E-state index contributed by atoms with van der Waals surface area (Å²) >= 11 is 3.65. The summed E-state index contributed by atoms with van der Waals surface area (Å²) in [5.74, 6) is -0.815. The molecule has 0 bridgehead atoms. The third-order valence-corrected chi connectivity index (χ3v) is 0.907. The quantitative estimate of drug-likeness (QED) is 0.355. The zero-order chi connectivity index (χ0) is 5.86. The second kappa shape index (κ2) is 5.27. The Bertz CT molecular complexity index is 77.7. The van der Waals surface area contributed by atoms with Gasteiger partial charge in [0.15, 0.2) is 0 Å². The van der Waals surface area contributed by atoms with Crippen LogP contribution in [0.1, 0.15) is 0 Å². The van der Waals surface area contributed by atoms with Gasteiger partial charge in [0.2, 0.25) is 0 Å². The van der Waals surface area contributed by atoms with E-state index in [0.717, 1.165) is 0 Å². The number of hydrogen-bond acceptors (Lipinski definition) is 4. The van der Waals surface area contributed by atoms with Gasteiger partial charge in [-0.25, -0.2) is 0 Å². The minimum absolute atomic E-state index is 0. The van der Waals surface area contributed by atoms with Crippen molar-refractivity contribution >= 4 is 32.1 Å². The first-order valence-corrected chi connectivity index (χ1v) is 2.41. The lowest BCUT2D eigenvalue weighted by Gasteiger charge is -1.96. The number of hydrogen-bond donors (Lipinski definition) is 3. The standard InChI is InChI=1S/C3H7NO2S.H2S/c4-2(1-7)3(5)6;/h2,7H,1,4H2,(H,5,6);1H2/p-1. The van der Waals surface area contributed by atoms with Crippen molar-refractivity contribution in [2.75, 3.05) is 5.75 Å². The van der Waals surface area contributed by atoms with Crippen molar-refractivity contribution in [1.29, 1.82) is 0 Å². The van der Waals surface area contributed by atoms with Gasteiger partial charge in [-0.2, -0.15) is 12.6 Å². The smallest absolute Gasteiger partial charge is 0.321 e. The topological polar surface area (TPSA) is 63.3 Å². The van der Waals surface area contributed by atoms with Crippen LogP contribution in [0.15, 0.2) is 0 Å². The Balaban J connectivity index is 0. The zero-order valence-corrected chi connectivity index (χ0v) is 5.90. The summed E-state index contributed by atoms with van der Waals surface area (Å²) < 4.78 is 0. The average Bonchev–Trinajstić information content (AvgIpc) is 1.65. The van der Waals surface area contributed by atoms with E-state index in [1.54, 1.807) is 0 Å². The third-order valence-electron chi connectivity index (χ3n) is 0.514. The van der Waals surface area contributed by atoms with Gasteiger partial charge in [-0.15, -0.1) is 0 Å². The van der Waals surface area contributed by atoms with E-state index in [9.17, 15) is 4.79 Å². The van der Waals surface area contributed by atoms with Crippen LogP contribution in [-0.2, 0) is 18.3 Å². The molecule has 5 heteroatoms. The molecule has 0 fully saturated rings. The highest BCUT2D eigenvalue weighted by Gasteiger charge is 2.06. The number of carboxylic acids is 1. The van der Waals surface area contributed by atoms with Gasteiger partial charge in [0.1, 0.15) is 6.04 Å². The fraction of sp³-hybridized carbons (Fsp3) is 0.667. The summed E-state index contributed by atoms with van der Waals surface area (Å²) in [6, 6.07) is -0.816. The minimum Gasteiger partial charge on any atom is -0.813 e. The Morgan fingerprint density at radius 3 is 2.25 bits per heavy atom. The van der Waals surface area contributed by atoms with E-state index in [0.29, 0.717) is 0 Å². The maximum absolute atomic E-state index is 9.76. The van der Waals surface area contributed by atoms with Crippen molar-refractivity contribution < 1.29 is 9.90 Å². The molecule has 3 N–H and O–H groups in total. The van der Waals surface area contributed by atoms with Crippen molar-refractivity contribution in [1.82, 2.24) is 0 Å². The number of rotatable bonds is 2. The molecule has 0 aromatic carbocycles. The van der Waals surface area contributed by atoms with E-state index in [1.807, 2.05) is 0 Å². The second-order valence-electron chi connectivity index (χ2n) is 1.13. The molecule has 8 heavy (non-hydrogen) atoms. The highest BCUT2D eigenvalue weighted by Crippen LogP contribution is 1.80. The van der Waals surface area contributed by atoms with Crippen molar-refractivity contribution in [2.45, 2.75) is 6.04 Å². The number of carboxylic acid groups (broad SMARTS) is 1. The first kappa shape index (κ1) is 11.0. The lowest BCUT2D eigenvalue weighted by molar-refractivity contribution is -0.137. The molecule has 0 aliphatic rings. The van der Waals surface area contributed by atoms with Crippen molar-refractivity contribution in [3.8, 4) is 0 Å². The average molecular weight is 154 g/mol. The minimum atomic E-state index is -1.00. The van der Waals surface area contributed by atoms with Crippen molar-refractivity contribution in [3.63, 3.8) is 0 Å². The second-order valence-corrected chi connectivity index (χ2v) is 1.49. The highest BCUT2D eigenvalue weighted by atomic mass is 32.1. The Labute approximate surface area is 60.1 Å². The Hall–Kier alpha value is 0.130. The zero-order valence-electron chi connectivity index (χ0n) is 4.11. The van der Waals surface area contributed by atoms with Gasteiger partial charge < -0.3 is 24.3 Å². The van der Waals surface area contributed by atoms with Crippen molar-refractivity contribution in [2.24, 2.45) is 5.73 Å². The molecule has 0 aromatic rings. The fourth-order valence-corrected chi connectivity index (χ4v) is 0.234. The Morgan fingerprint density at radius 2 is 2.25 bits per heavy atom. The molecule has 0 rings (SSSR count). The van der Waals surface area contributed by atoms with Crippen LogP contribution in [0.25, 0.3) is 0 Å². The molecule has 0 aliphatic heterocycles. The van der Waals surface area contributed by atoms with E-state index >= 15 is 0 Å². The molecule has 1 unspecified atom stereocenters. The fourth-order valence-electron chi connectivity index (χ4n) is 0.0781. The molecule has 0 aromatic heterocycles. The predicted molar refractivity (Wildman–Crippen MR) is 38.2 cm³/mol. The van der Waals surface area contributed by atoms with Crippen LogP contribution in [0.5, 0.6) is 0 Å². The molecule has 0 heterocycles. The molecule has 0 amide bonds. The van der Waals surface area contributed by atoms with Gasteiger partial charge in [0.25, 0.3) is 0 Å². The van der Waals surface area contributed by atoms with Crippen LogP contribution >= 0.6 is 12.6 Å². The highest BCUT2D eigenvalue weighted by molar-refractivity contribution is 7.80. The molecule has 0 radical (unpaired) electrons. The lowest BCUT2D eigenvalue weighted by Crippen LogP contribution is -2.31. The monoisotopic (exact) mass is 154 g/mol. The maximum atomic E-state index is 9.76. The van der Waals surface area contributed by atoms with E-state index in [1.165, 1.54) is 0 Å². The first-order chi connectivity index (χ1) is 3.18. The molecule has 50 valence electrons. The van der Waals surface area contributed by atoms with Gasteiger partial charge in [0, 0.05) is 5.75 Å². The molecule has 0 aliphatic carbocycles. The molecule has 0 spiro atoms. The van der Waals surface area contributed by atoms with Gasteiger partial charge in [0.05, 0.1) is 0 Å². The van der Waals surface area contributed by atoms with E-state index in [4.69, 9.17) is 10.8 Å². The van der Waals surface area contributed by atoms with Gasteiger partial charge in [-0.05, 0) is 0 Å². The van der Waals surface area contributed by atoms with Crippen LogP contribution in [-0.4, -0.2) is 22.9 Å². The Kier molecular flexibility index (Phi) is 7.25. The van der Waals surface area contributed by atoms with E-state index in [2.05, 4.69) is 12.6 Å². The predicted octanol–water partition coefficient (Wildman–Crippen LogP) is -0.942. The van der Waals surface area contributed by atoms with Crippen LogP contribution in [0, 0.1) is 0 Å². The largest absolute Gasteiger partial charge is 0.813 e. The summed E-state index contributed by atoms with van der Waals surface area (Å²) in [7, 11) is 0. The molecular weight excluding hydrogens is 146 g/mol. The van der Waals surface area contributed by atoms with Crippen LogP contribution < -0.4 is 5.73 Å². The van der Waals surface area contributed by atoms with E-state index in [-0.39, 0.29) is 19.2 Å². The first-order valence-electron chi connectivity index (χ1n) is 1.77. The summed E-state index contributed by atoms with van der Waals surface area (Å²) in [5.41, 5.74) is 4.94. The normalized spacial score (nSPS) is 11.8. The summed E-state index contributed by atoms with van der Waals surface area (Å²) in [6.45, 7) is 0. The number of carbonyl (C=O) groups is 1. The van der Waals surface area contributed by atoms with Crippen LogP contribution in [0.3, 0.4) is 0 Å². The summed E-state index contributed by atoms with van der Waals surface area (Å²) in [4.78, 5) is 9.76. The number of aliphatic carboxylic acids is 1. The Morgan fingerprint density at radius 1 is 1.88 bits per heavy atom. The third kappa shape index (κ3) is 4.29. The molecular formula is C3H8NO2S2-. The van der Waals surface area contributed by atoms with Crippen LogP contribution in [0.4, 0.5) is 0 Å². The molecule has 1 atom stereocenters. The van der Waals surface area contributed by atoms with Crippen molar-refractivity contribution in [3.05, 3.63) is 0 Å². The van der Waals surface area contributed by atoms with Gasteiger partial charge in [-0.3, -0.25) is 4.79 Å². The van der Waals surface area contributed by atoms with E-state index < -0.39 is 12.0 Å². The lowest BCUT2D eigenvalue weighted by atomic mass is 10.4. The number of thiol groups is 2. The van der Waals surface area contributed by atoms with Gasteiger partial charge in [-0.1, -0.05) is 0 Å². The summed E-state index contributed by atoms with van der Waals surface area (Å²) in [6.07, 6.45) is 0. The van der Waals surface area contributed by atoms with Crippen LogP contribution in [0.2, 0.25) is 0 Å². The van der Waals surface area contributed by atoms with Gasteiger partial charge >= 0.3 is 5.97 Å². The molecule has 0 saturated heterocycles.